The normalized spacial score (nSPS) is 37.7. The van der Waals surface area contributed by atoms with Gasteiger partial charge < -0.3 is 15.1 Å². The van der Waals surface area contributed by atoms with Crippen LogP contribution in [0.2, 0.25) is 0 Å². The Kier molecular flexibility index (Phi) is 3.81. The minimum atomic E-state index is 0.108. The second-order valence-corrected chi connectivity index (χ2v) is 6.68. The molecule has 1 aliphatic carbocycles. The number of hydrogen-bond donors (Lipinski definition) is 1. The summed E-state index contributed by atoms with van der Waals surface area (Å²) in [5, 5.41) is 3.53. The molecule has 3 rings (SSSR count). The second-order valence-electron chi connectivity index (χ2n) is 6.68. The second kappa shape index (κ2) is 5.41. The van der Waals surface area contributed by atoms with E-state index in [0.717, 1.165) is 38.8 Å². The van der Waals surface area contributed by atoms with Crippen LogP contribution in [0, 0.1) is 0 Å². The van der Waals surface area contributed by atoms with Crippen molar-refractivity contribution in [1.29, 1.82) is 0 Å². The van der Waals surface area contributed by atoms with Crippen LogP contribution in [0.15, 0.2) is 0 Å². The van der Waals surface area contributed by atoms with Crippen molar-refractivity contribution in [3.05, 3.63) is 0 Å². The minimum absolute atomic E-state index is 0.108. The summed E-state index contributed by atoms with van der Waals surface area (Å²) in [6, 6.07) is 1.81. The Morgan fingerprint density at radius 3 is 2.63 bits per heavy atom. The lowest BCUT2D eigenvalue weighted by atomic mass is 9.94. The van der Waals surface area contributed by atoms with E-state index >= 15 is 0 Å². The Labute approximate surface area is 116 Å². The van der Waals surface area contributed by atoms with Gasteiger partial charge in [-0.2, -0.15) is 0 Å². The zero-order valence-electron chi connectivity index (χ0n) is 12.3. The molecule has 0 aromatic heterocycles. The topological polar surface area (TPSA) is 35.6 Å². The molecule has 3 aliphatic rings. The van der Waals surface area contributed by atoms with E-state index in [9.17, 15) is 4.79 Å². The molecule has 108 valence electrons. The van der Waals surface area contributed by atoms with Crippen LogP contribution in [0.1, 0.15) is 45.4 Å². The lowest BCUT2D eigenvalue weighted by Crippen LogP contribution is -2.57. The van der Waals surface area contributed by atoms with E-state index < -0.39 is 0 Å². The molecule has 4 nitrogen and oxygen atoms in total. The van der Waals surface area contributed by atoms with Gasteiger partial charge >= 0.3 is 0 Å². The van der Waals surface area contributed by atoms with Crippen molar-refractivity contribution in [2.24, 2.45) is 0 Å². The summed E-state index contributed by atoms with van der Waals surface area (Å²) < 4.78 is 0. The molecule has 19 heavy (non-hydrogen) atoms. The standard InChI is InChI=1S/C15H27N3O/c1-11-10-13(7-9-17(11)2)18-8-3-4-14(15(18)19)16-12-5-6-12/h11-14,16H,3-10H2,1-2H3. The van der Waals surface area contributed by atoms with E-state index in [2.05, 4.69) is 29.1 Å². The average molecular weight is 265 g/mol. The molecule has 3 atom stereocenters. The van der Waals surface area contributed by atoms with E-state index in [1.807, 2.05) is 0 Å². The fourth-order valence-electron chi connectivity index (χ4n) is 3.50. The highest BCUT2D eigenvalue weighted by Gasteiger charge is 2.37. The van der Waals surface area contributed by atoms with Gasteiger partial charge in [0, 0.05) is 31.2 Å². The molecule has 0 aromatic carbocycles. The lowest BCUT2D eigenvalue weighted by molar-refractivity contribution is -0.140. The number of rotatable bonds is 3. The summed E-state index contributed by atoms with van der Waals surface area (Å²) in [7, 11) is 2.19. The van der Waals surface area contributed by atoms with Gasteiger partial charge in [-0.1, -0.05) is 0 Å². The summed E-state index contributed by atoms with van der Waals surface area (Å²) in [5.74, 6) is 0.375. The van der Waals surface area contributed by atoms with E-state index in [1.165, 1.54) is 12.8 Å². The number of piperidine rings is 2. The maximum absolute atomic E-state index is 12.6. The fourth-order valence-corrected chi connectivity index (χ4v) is 3.50. The highest BCUT2D eigenvalue weighted by molar-refractivity contribution is 5.83. The molecule has 3 unspecified atom stereocenters. The number of carbonyl (C=O) groups is 1. The molecule has 0 spiro atoms. The number of nitrogens with one attached hydrogen (secondary N) is 1. The van der Waals surface area contributed by atoms with Gasteiger partial charge in [-0.25, -0.2) is 0 Å². The van der Waals surface area contributed by atoms with Crippen LogP contribution in [0.4, 0.5) is 0 Å². The lowest BCUT2D eigenvalue weighted by Gasteiger charge is -2.44. The van der Waals surface area contributed by atoms with E-state index in [1.54, 1.807) is 0 Å². The number of nitrogens with zero attached hydrogens (tertiary/aromatic N) is 2. The van der Waals surface area contributed by atoms with Gasteiger partial charge in [-0.3, -0.25) is 4.79 Å². The van der Waals surface area contributed by atoms with Crippen molar-refractivity contribution < 1.29 is 4.79 Å². The van der Waals surface area contributed by atoms with Crippen LogP contribution in [-0.4, -0.2) is 60.0 Å². The molecule has 2 saturated heterocycles. The molecule has 2 aliphatic heterocycles. The van der Waals surface area contributed by atoms with Gasteiger partial charge in [-0.05, 0) is 52.5 Å². The third-order valence-electron chi connectivity index (χ3n) is 5.11. The Balaban J connectivity index is 1.61. The molecule has 0 aromatic rings. The third kappa shape index (κ3) is 2.95. The van der Waals surface area contributed by atoms with Crippen molar-refractivity contribution in [2.75, 3.05) is 20.1 Å². The van der Waals surface area contributed by atoms with Crippen LogP contribution >= 0.6 is 0 Å². The van der Waals surface area contributed by atoms with Crippen LogP contribution in [0.5, 0.6) is 0 Å². The first-order valence-corrected chi connectivity index (χ1v) is 7.92. The van der Waals surface area contributed by atoms with Crippen molar-refractivity contribution in [3.63, 3.8) is 0 Å². The smallest absolute Gasteiger partial charge is 0.239 e. The number of amides is 1. The largest absolute Gasteiger partial charge is 0.338 e. The molecule has 0 radical (unpaired) electrons. The van der Waals surface area contributed by atoms with Gasteiger partial charge in [0.1, 0.15) is 0 Å². The van der Waals surface area contributed by atoms with Gasteiger partial charge in [0.25, 0.3) is 0 Å². The molecule has 2 heterocycles. The van der Waals surface area contributed by atoms with Crippen LogP contribution in [0.25, 0.3) is 0 Å². The van der Waals surface area contributed by atoms with Gasteiger partial charge in [0.05, 0.1) is 6.04 Å². The van der Waals surface area contributed by atoms with Gasteiger partial charge in [-0.15, -0.1) is 0 Å². The average Bonchev–Trinajstić information content (AvgIpc) is 3.20. The van der Waals surface area contributed by atoms with Crippen LogP contribution in [-0.2, 0) is 4.79 Å². The first-order valence-electron chi connectivity index (χ1n) is 7.92. The maximum Gasteiger partial charge on any atom is 0.239 e. The van der Waals surface area contributed by atoms with Gasteiger partial charge in [0.15, 0.2) is 0 Å². The molecule has 1 saturated carbocycles. The van der Waals surface area contributed by atoms with E-state index in [-0.39, 0.29) is 6.04 Å². The predicted octanol–water partition coefficient (Wildman–Crippen LogP) is 1.21. The first-order chi connectivity index (χ1) is 9.15. The number of carbonyl (C=O) groups excluding carboxylic acids is 1. The number of hydrogen-bond acceptors (Lipinski definition) is 3. The summed E-state index contributed by atoms with van der Waals surface area (Å²) >= 11 is 0. The highest BCUT2D eigenvalue weighted by Crippen LogP contribution is 2.26. The molecular weight excluding hydrogens is 238 g/mol. The third-order valence-corrected chi connectivity index (χ3v) is 5.11. The van der Waals surface area contributed by atoms with Gasteiger partial charge in [0.2, 0.25) is 5.91 Å². The summed E-state index contributed by atoms with van der Waals surface area (Å²) in [5.41, 5.74) is 0. The Morgan fingerprint density at radius 1 is 1.16 bits per heavy atom. The zero-order chi connectivity index (χ0) is 13.4. The zero-order valence-corrected chi connectivity index (χ0v) is 12.3. The Hall–Kier alpha value is -0.610. The predicted molar refractivity (Wildman–Crippen MR) is 76.0 cm³/mol. The minimum Gasteiger partial charge on any atom is -0.338 e. The quantitative estimate of drug-likeness (QED) is 0.833. The molecule has 1 N–H and O–H groups in total. The molecule has 4 heteroatoms. The molecule has 3 fully saturated rings. The van der Waals surface area contributed by atoms with Crippen LogP contribution < -0.4 is 5.32 Å². The van der Waals surface area contributed by atoms with E-state index in [4.69, 9.17) is 0 Å². The highest BCUT2D eigenvalue weighted by atomic mass is 16.2. The molecule has 0 bridgehead atoms. The van der Waals surface area contributed by atoms with Crippen molar-refractivity contribution in [2.45, 2.75) is 69.6 Å². The van der Waals surface area contributed by atoms with Crippen molar-refractivity contribution in [1.82, 2.24) is 15.1 Å². The Bertz CT molecular complexity index is 342. The SMILES string of the molecule is CC1CC(N2CCCC(NC3CC3)C2=O)CCN1C. The summed E-state index contributed by atoms with van der Waals surface area (Å²) in [6.45, 7) is 4.37. The first kappa shape index (κ1) is 13.4. The number of likely N-dealkylation sites (tertiary alicyclic amines) is 2. The van der Waals surface area contributed by atoms with Crippen LogP contribution in [0.3, 0.4) is 0 Å². The summed E-state index contributed by atoms with van der Waals surface area (Å²) in [4.78, 5) is 17.2. The fraction of sp³-hybridized carbons (Fsp3) is 0.933. The maximum atomic E-state index is 12.6. The monoisotopic (exact) mass is 265 g/mol. The van der Waals surface area contributed by atoms with Crippen molar-refractivity contribution >= 4 is 5.91 Å². The molecular formula is C15H27N3O. The van der Waals surface area contributed by atoms with E-state index in [0.29, 0.717) is 24.0 Å². The van der Waals surface area contributed by atoms with Crippen molar-refractivity contribution in [3.8, 4) is 0 Å². The Morgan fingerprint density at radius 2 is 1.95 bits per heavy atom. The molecule has 1 amide bonds. The summed E-state index contributed by atoms with van der Waals surface area (Å²) in [6.07, 6.45) is 7.00.